The van der Waals surface area contributed by atoms with Crippen molar-refractivity contribution in [3.63, 3.8) is 0 Å². The summed E-state index contributed by atoms with van der Waals surface area (Å²) in [6.45, 7) is 0.869. The molecule has 1 saturated carbocycles. The van der Waals surface area contributed by atoms with Crippen LogP contribution in [0.3, 0.4) is 0 Å². The van der Waals surface area contributed by atoms with Crippen LogP contribution < -0.4 is 5.32 Å². The van der Waals surface area contributed by atoms with E-state index in [9.17, 15) is 0 Å². The van der Waals surface area contributed by atoms with Crippen molar-refractivity contribution in [1.82, 2.24) is 15.1 Å². The average molecular weight is 266 g/mol. The Kier molecular flexibility index (Phi) is 2.45. The summed E-state index contributed by atoms with van der Waals surface area (Å²) in [5.74, 6) is 0.790. The molecule has 5 nitrogen and oxygen atoms in total. The number of hydrogen-bond acceptors (Lipinski definition) is 5. The Morgan fingerprint density at radius 3 is 2.80 bits per heavy atom. The number of anilines is 1. The van der Waals surface area contributed by atoms with Crippen LogP contribution in [0.5, 0.6) is 0 Å². The van der Waals surface area contributed by atoms with Crippen molar-refractivity contribution in [2.75, 3.05) is 11.9 Å². The van der Waals surface area contributed by atoms with Crippen LogP contribution in [0.4, 0.5) is 5.82 Å². The van der Waals surface area contributed by atoms with Crippen molar-refractivity contribution in [2.45, 2.75) is 18.3 Å². The van der Waals surface area contributed by atoms with E-state index in [0.717, 1.165) is 17.7 Å². The molecule has 0 atom stereocenters. The van der Waals surface area contributed by atoms with Gasteiger partial charge in [-0.25, -0.2) is 4.98 Å². The van der Waals surface area contributed by atoms with E-state index < -0.39 is 0 Å². The van der Waals surface area contributed by atoms with Crippen molar-refractivity contribution >= 4 is 16.9 Å². The quantitative estimate of drug-likeness (QED) is 0.786. The van der Waals surface area contributed by atoms with Gasteiger partial charge >= 0.3 is 0 Å². The highest BCUT2D eigenvalue weighted by molar-refractivity contribution is 5.84. The maximum absolute atomic E-state index is 5.05. The number of nitrogens with zero attached hydrogens (tertiary/aromatic N) is 3. The molecule has 0 bridgehead atoms. The zero-order valence-corrected chi connectivity index (χ0v) is 10.9. The summed E-state index contributed by atoms with van der Waals surface area (Å²) >= 11 is 0. The Morgan fingerprint density at radius 1 is 1.15 bits per heavy atom. The Labute approximate surface area is 116 Å². The highest BCUT2D eigenvalue weighted by Crippen LogP contribution is 2.48. The molecule has 100 valence electrons. The van der Waals surface area contributed by atoms with Gasteiger partial charge in [0.05, 0.1) is 6.20 Å². The van der Waals surface area contributed by atoms with E-state index in [1.165, 1.54) is 24.7 Å². The average Bonchev–Trinajstić information content (AvgIpc) is 3.14. The minimum absolute atomic E-state index is 0.246. The monoisotopic (exact) mass is 266 g/mol. The van der Waals surface area contributed by atoms with Crippen molar-refractivity contribution in [3.8, 4) is 0 Å². The van der Waals surface area contributed by atoms with Crippen LogP contribution in [0.15, 0.2) is 47.4 Å². The van der Waals surface area contributed by atoms with Crippen LogP contribution in [-0.4, -0.2) is 21.7 Å². The van der Waals surface area contributed by atoms with Crippen molar-refractivity contribution in [1.29, 1.82) is 0 Å². The van der Waals surface area contributed by atoms with Gasteiger partial charge in [0.25, 0.3) is 5.71 Å². The van der Waals surface area contributed by atoms with E-state index >= 15 is 0 Å². The topological polar surface area (TPSA) is 63.8 Å². The Hall–Kier alpha value is -2.43. The fourth-order valence-electron chi connectivity index (χ4n) is 2.60. The van der Waals surface area contributed by atoms with Crippen LogP contribution in [0.1, 0.15) is 18.4 Å². The predicted molar refractivity (Wildman–Crippen MR) is 75.4 cm³/mol. The maximum Gasteiger partial charge on any atom is 0.262 e. The van der Waals surface area contributed by atoms with Crippen molar-refractivity contribution in [2.24, 2.45) is 0 Å². The van der Waals surface area contributed by atoms with Crippen LogP contribution in [0.2, 0.25) is 0 Å². The van der Waals surface area contributed by atoms with Gasteiger partial charge in [0, 0.05) is 12.0 Å². The predicted octanol–water partition coefficient (Wildman–Crippen LogP) is 2.76. The van der Waals surface area contributed by atoms with E-state index in [0.29, 0.717) is 5.71 Å². The van der Waals surface area contributed by atoms with Crippen LogP contribution in [0.25, 0.3) is 11.1 Å². The number of fused-ring (bicyclic) bond motifs is 1. The van der Waals surface area contributed by atoms with Gasteiger partial charge in [-0.1, -0.05) is 35.5 Å². The lowest BCUT2D eigenvalue weighted by atomic mass is 9.96. The van der Waals surface area contributed by atoms with Gasteiger partial charge in [0.15, 0.2) is 0 Å². The molecule has 0 aliphatic heterocycles. The lowest BCUT2D eigenvalue weighted by Gasteiger charge is -2.16. The second kappa shape index (κ2) is 4.30. The first-order chi connectivity index (χ1) is 9.87. The van der Waals surface area contributed by atoms with Gasteiger partial charge in [-0.15, -0.1) is 0 Å². The first-order valence-electron chi connectivity index (χ1n) is 6.72. The molecule has 1 N–H and O–H groups in total. The molecule has 0 unspecified atom stereocenters. The second-order valence-corrected chi connectivity index (χ2v) is 5.27. The van der Waals surface area contributed by atoms with E-state index in [1.807, 2.05) is 0 Å². The van der Waals surface area contributed by atoms with E-state index in [2.05, 4.69) is 50.8 Å². The first kappa shape index (κ1) is 11.4. The summed E-state index contributed by atoms with van der Waals surface area (Å²) in [7, 11) is 0. The number of nitrogens with one attached hydrogen (secondary N) is 1. The fraction of sp³-hybridized carbons (Fsp3) is 0.267. The molecule has 1 aliphatic rings. The molecule has 1 aromatic carbocycles. The van der Waals surface area contributed by atoms with Gasteiger partial charge in [-0.3, -0.25) is 0 Å². The number of hydrogen-bond donors (Lipinski definition) is 1. The van der Waals surface area contributed by atoms with Crippen molar-refractivity contribution in [3.05, 3.63) is 48.4 Å². The van der Waals surface area contributed by atoms with Gasteiger partial charge in [0.2, 0.25) is 0 Å². The molecule has 2 heterocycles. The standard InChI is InChI=1S/C15H14N4O/c1-2-4-11(5-3-1)15(6-7-15)9-16-13-12-8-19-20-14(12)18-10-17-13/h1-5,8,10H,6-7,9H2,(H,16,17,18). The Balaban J connectivity index is 1.58. The summed E-state index contributed by atoms with van der Waals surface area (Å²) < 4.78 is 5.05. The van der Waals surface area contributed by atoms with Gasteiger partial charge < -0.3 is 9.84 Å². The summed E-state index contributed by atoms with van der Waals surface area (Å²) in [4.78, 5) is 8.32. The maximum atomic E-state index is 5.05. The molecule has 4 rings (SSSR count). The first-order valence-corrected chi connectivity index (χ1v) is 6.72. The highest BCUT2D eigenvalue weighted by atomic mass is 16.5. The SMILES string of the molecule is c1ccc(C2(CNc3ncnc4oncc34)CC2)cc1. The minimum atomic E-state index is 0.246. The van der Waals surface area contributed by atoms with E-state index in [4.69, 9.17) is 4.52 Å². The molecule has 5 heteroatoms. The largest absolute Gasteiger partial charge is 0.368 e. The van der Waals surface area contributed by atoms with Crippen LogP contribution in [-0.2, 0) is 5.41 Å². The third-order valence-electron chi connectivity index (χ3n) is 4.00. The number of benzene rings is 1. The molecule has 0 amide bonds. The molecule has 0 spiro atoms. The third kappa shape index (κ3) is 1.82. The van der Waals surface area contributed by atoms with Gasteiger partial charge in [0.1, 0.15) is 17.5 Å². The normalized spacial score (nSPS) is 16.2. The third-order valence-corrected chi connectivity index (χ3v) is 4.00. The summed E-state index contributed by atoms with van der Waals surface area (Å²) in [6, 6.07) is 10.6. The number of rotatable bonds is 4. The second-order valence-electron chi connectivity index (χ2n) is 5.27. The van der Waals surface area contributed by atoms with Crippen molar-refractivity contribution < 1.29 is 4.52 Å². The summed E-state index contributed by atoms with van der Waals surface area (Å²) in [6.07, 6.45) is 5.57. The van der Waals surface area contributed by atoms with E-state index in [1.54, 1.807) is 6.20 Å². The number of aromatic nitrogens is 3. The van der Waals surface area contributed by atoms with Crippen LogP contribution in [0, 0.1) is 0 Å². The zero-order chi connectivity index (χ0) is 13.4. The molecule has 2 aromatic heterocycles. The lowest BCUT2D eigenvalue weighted by molar-refractivity contribution is 0.448. The molecule has 0 saturated heterocycles. The van der Waals surface area contributed by atoms with Crippen LogP contribution >= 0.6 is 0 Å². The van der Waals surface area contributed by atoms with E-state index in [-0.39, 0.29) is 5.41 Å². The molecular formula is C15H14N4O. The minimum Gasteiger partial charge on any atom is -0.368 e. The molecule has 20 heavy (non-hydrogen) atoms. The molecule has 1 aliphatic carbocycles. The molecular weight excluding hydrogens is 252 g/mol. The summed E-state index contributed by atoms with van der Waals surface area (Å²) in [5.41, 5.74) is 2.16. The lowest BCUT2D eigenvalue weighted by Crippen LogP contribution is -2.20. The summed E-state index contributed by atoms with van der Waals surface area (Å²) in [5, 5.41) is 8.02. The van der Waals surface area contributed by atoms with Gasteiger partial charge in [-0.2, -0.15) is 4.98 Å². The fourth-order valence-corrected chi connectivity index (χ4v) is 2.60. The molecule has 3 aromatic rings. The smallest absolute Gasteiger partial charge is 0.262 e. The highest BCUT2D eigenvalue weighted by Gasteiger charge is 2.43. The van der Waals surface area contributed by atoms with Gasteiger partial charge in [-0.05, 0) is 18.4 Å². The molecule has 1 fully saturated rings. The Bertz CT molecular complexity index is 734. The Morgan fingerprint density at radius 2 is 2.00 bits per heavy atom. The molecule has 0 radical (unpaired) electrons. The zero-order valence-electron chi connectivity index (χ0n) is 10.9.